The van der Waals surface area contributed by atoms with E-state index in [2.05, 4.69) is 4.98 Å². The Morgan fingerprint density at radius 2 is 1.83 bits per heavy atom. The van der Waals surface area contributed by atoms with Crippen molar-refractivity contribution in [1.29, 1.82) is 0 Å². The molecule has 0 aliphatic heterocycles. The molecule has 0 aromatic carbocycles. The average molecular weight is 426 g/mol. The molecule has 1 rings (SSSR count). The highest BCUT2D eigenvalue weighted by molar-refractivity contribution is 5.97. The zero-order chi connectivity index (χ0) is 22.8. The molecule has 1 heterocycles. The Balaban J connectivity index is 3.20. The minimum absolute atomic E-state index is 0.0306. The van der Waals surface area contributed by atoms with Crippen LogP contribution in [0.2, 0.25) is 0 Å². The number of amides is 1. The summed E-state index contributed by atoms with van der Waals surface area (Å²) in [5, 5.41) is 0. The predicted molar refractivity (Wildman–Crippen MR) is 117 cm³/mol. The van der Waals surface area contributed by atoms with E-state index < -0.39 is 17.2 Å². The van der Waals surface area contributed by atoms with Gasteiger partial charge in [0.2, 0.25) is 5.91 Å². The maximum absolute atomic E-state index is 13.1. The fraction of sp³-hybridized carbons (Fsp3) is 0.700. The summed E-state index contributed by atoms with van der Waals surface area (Å²) in [6, 6.07) is 0. The lowest BCUT2D eigenvalue weighted by Crippen LogP contribution is -2.46. The number of nitrogens with one attached hydrogen (secondary N) is 1. The van der Waals surface area contributed by atoms with Crippen molar-refractivity contribution in [2.75, 3.05) is 43.4 Å². The summed E-state index contributed by atoms with van der Waals surface area (Å²) in [6.45, 7) is 10.6. The van der Waals surface area contributed by atoms with Gasteiger partial charge in [0.15, 0.2) is 5.69 Å². The van der Waals surface area contributed by atoms with Crippen LogP contribution >= 0.6 is 0 Å². The van der Waals surface area contributed by atoms with Crippen molar-refractivity contribution in [1.82, 2.24) is 14.5 Å². The molecule has 0 saturated heterocycles. The molecule has 0 unspecified atom stereocenters. The number of hydrogen-bond acceptors (Lipinski definition) is 7. The molecular formula is C20H35N5O5. The van der Waals surface area contributed by atoms with E-state index in [0.29, 0.717) is 19.5 Å². The van der Waals surface area contributed by atoms with Gasteiger partial charge in [0.05, 0.1) is 19.7 Å². The summed E-state index contributed by atoms with van der Waals surface area (Å²) in [7, 11) is 0. The topological polar surface area (TPSA) is 131 Å². The number of likely N-dealkylation sites (N-methyl/N-ethyl adjacent to an activating group) is 1. The highest BCUT2D eigenvalue weighted by atomic mass is 16.5. The SMILES string of the molecule is CCCCn1c(N)c(N(CC)C(=O)CN(CC(=O)OCC)CC(C)C)c(=O)[nH]c1=O. The van der Waals surface area contributed by atoms with Gasteiger partial charge < -0.3 is 15.4 Å². The molecule has 0 spiro atoms. The minimum Gasteiger partial charge on any atom is -0.465 e. The number of hydrogen-bond donors (Lipinski definition) is 2. The van der Waals surface area contributed by atoms with Crippen LogP contribution in [-0.2, 0) is 20.9 Å². The number of nitrogen functional groups attached to an aromatic ring is 1. The molecule has 1 amide bonds. The lowest BCUT2D eigenvalue weighted by atomic mass is 10.2. The van der Waals surface area contributed by atoms with E-state index in [0.717, 1.165) is 6.42 Å². The number of nitrogens with two attached hydrogens (primary N) is 1. The van der Waals surface area contributed by atoms with Crippen LogP contribution in [0.25, 0.3) is 0 Å². The summed E-state index contributed by atoms with van der Waals surface area (Å²) in [5.74, 6) is -0.625. The number of aromatic nitrogens is 2. The molecule has 0 radical (unpaired) electrons. The van der Waals surface area contributed by atoms with Gasteiger partial charge in [-0.05, 0) is 26.2 Å². The number of rotatable bonds is 12. The molecular weight excluding hydrogens is 390 g/mol. The van der Waals surface area contributed by atoms with Crippen LogP contribution in [0.15, 0.2) is 9.59 Å². The normalized spacial score (nSPS) is 11.2. The monoisotopic (exact) mass is 425 g/mol. The van der Waals surface area contributed by atoms with Crippen molar-refractivity contribution in [3.63, 3.8) is 0 Å². The van der Waals surface area contributed by atoms with E-state index in [1.807, 2.05) is 20.8 Å². The van der Waals surface area contributed by atoms with Gasteiger partial charge in [-0.15, -0.1) is 0 Å². The molecule has 1 aromatic heterocycles. The van der Waals surface area contributed by atoms with Crippen molar-refractivity contribution in [2.45, 2.75) is 54.0 Å². The second kappa shape index (κ2) is 12.2. The van der Waals surface area contributed by atoms with Gasteiger partial charge in [-0.3, -0.25) is 28.8 Å². The molecule has 0 fully saturated rings. The van der Waals surface area contributed by atoms with Crippen molar-refractivity contribution in [3.05, 3.63) is 20.8 Å². The minimum atomic E-state index is -0.707. The summed E-state index contributed by atoms with van der Waals surface area (Å²) >= 11 is 0. The predicted octanol–water partition coefficient (Wildman–Crippen LogP) is 0.793. The van der Waals surface area contributed by atoms with Gasteiger partial charge in [-0.2, -0.15) is 0 Å². The van der Waals surface area contributed by atoms with Crippen LogP contribution in [0.1, 0.15) is 47.5 Å². The first kappa shape index (κ1) is 25.4. The maximum Gasteiger partial charge on any atom is 0.330 e. The smallest absolute Gasteiger partial charge is 0.330 e. The number of carbonyl (C=O) groups is 2. The number of anilines is 2. The van der Waals surface area contributed by atoms with E-state index in [9.17, 15) is 19.2 Å². The molecule has 3 N–H and O–H groups in total. The summed E-state index contributed by atoms with van der Waals surface area (Å²) in [6.07, 6.45) is 1.55. The number of unbranched alkanes of at least 4 members (excludes halogenated alkanes) is 1. The first-order chi connectivity index (χ1) is 14.2. The molecule has 30 heavy (non-hydrogen) atoms. The van der Waals surface area contributed by atoms with Crippen molar-refractivity contribution >= 4 is 23.4 Å². The molecule has 170 valence electrons. The van der Waals surface area contributed by atoms with E-state index in [4.69, 9.17) is 10.5 Å². The molecule has 0 bridgehead atoms. The molecule has 0 aliphatic rings. The van der Waals surface area contributed by atoms with Crippen LogP contribution in [-0.4, -0.2) is 59.1 Å². The van der Waals surface area contributed by atoms with Crippen molar-refractivity contribution in [3.8, 4) is 0 Å². The lowest BCUT2D eigenvalue weighted by molar-refractivity contribution is -0.144. The van der Waals surface area contributed by atoms with Crippen molar-refractivity contribution in [2.24, 2.45) is 5.92 Å². The van der Waals surface area contributed by atoms with Crippen LogP contribution in [0, 0.1) is 5.92 Å². The number of nitrogens with zero attached hydrogens (tertiary/aromatic N) is 3. The van der Waals surface area contributed by atoms with E-state index in [1.165, 1.54) is 9.47 Å². The van der Waals surface area contributed by atoms with E-state index >= 15 is 0 Å². The quantitative estimate of drug-likeness (QED) is 0.473. The number of esters is 1. The zero-order valence-electron chi connectivity index (χ0n) is 18.7. The van der Waals surface area contributed by atoms with Gasteiger partial charge in [0, 0.05) is 19.6 Å². The van der Waals surface area contributed by atoms with Crippen LogP contribution in [0.4, 0.5) is 11.5 Å². The Morgan fingerprint density at radius 3 is 2.37 bits per heavy atom. The average Bonchev–Trinajstić information content (AvgIpc) is 2.64. The van der Waals surface area contributed by atoms with Crippen LogP contribution < -0.4 is 21.9 Å². The lowest BCUT2D eigenvalue weighted by Gasteiger charge is -2.27. The van der Waals surface area contributed by atoms with Crippen LogP contribution in [0.3, 0.4) is 0 Å². The third-order valence-electron chi connectivity index (χ3n) is 4.48. The Bertz CT molecular complexity index is 830. The molecule has 1 aromatic rings. The number of H-pyrrole nitrogens is 1. The fourth-order valence-electron chi connectivity index (χ4n) is 3.20. The Morgan fingerprint density at radius 1 is 1.17 bits per heavy atom. The Labute approximate surface area is 177 Å². The zero-order valence-corrected chi connectivity index (χ0v) is 18.7. The fourth-order valence-corrected chi connectivity index (χ4v) is 3.20. The molecule has 10 heteroatoms. The first-order valence-electron chi connectivity index (χ1n) is 10.5. The molecule has 10 nitrogen and oxygen atoms in total. The largest absolute Gasteiger partial charge is 0.465 e. The molecule has 0 saturated carbocycles. The van der Waals surface area contributed by atoms with Gasteiger partial charge in [0.1, 0.15) is 5.82 Å². The van der Waals surface area contributed by atoms with E-state index in [1.54, 1.807) is 18.7 Å². The standard InChI is InChI=1S/C20H35N5O5/c1-6-9-10-25-18(21)17(19(28)22-20(25)29)24(7-2)15(26)12-23(11-14(4)5)13-16(27)30-8-3/h14H,6-13,21H2,1-5H3,(H,22,28,29). The number of carbonyl (C=O) groups excluding carboxylic acids is 2. The van der Waals surface area contributed by atoms with Crippen molar-refractivity contribution < 1.29 is 14.3 Å². The number of ether oxygens (including phenoxy) is 1. The first-order valence-corrected chi connectivity index (χ1v) is 10.5. The summed E-state index contributed by atoms with van der Waals surface area (Å²) < 4.78 is 6.27. The van der Waals surface area contributed by atoms with Gasteiger partial charge in [0.25, 0.3) is 5.56 Å². The molecule has 0 atom stereocenters. The second-order valence-electron chi connectivity index (χ2n) is 7.50. The molecule has 0 aliphatic carbocycles. The van der Waals surface area contributed by atoms with Gasteiger partial charge in [-0.25, -0.2) is 4.79 Å². The highest BCUT2D eigenvalue weighted by Crippen LogP contribution is 2.17. The van der Waals surface area contributed by atoms with Crippen LogP contribution in [0.5, 0.6) is 0 Å². The van der Waals surface area contributed by atoms with E-state index in [-0.39, 0.29) is 49.6 Å². The summed E-state index contributed by atoms with van der Waals surface area (Å²) in [4.78, 5) is 54.8. The third-order valence-corrected chi connectivity index (χ3v) is 4.48. The summed E-state index contributed by atoms with van der Waals surface area (Å²) in [5.41, 5.74) is 4.79. The highest BCUT2D eigenvalue weighted by Gasteiger charge is 2.25. The Hall–Kier alpha value is -2.62. The Kier molecular flexibility index (Phi) is 10.3. The van der Waals surface area contributed by atoms with Gasteiger partial charge in [-0.1, -0.05) is 27.2 Å². The third kappa shape index (κ3) is 7.01. The number of aromatic amines is 1. The van der Waals surface area contributed by atoms with Gasteiger partial charge >= 0.3 is 11.7 Å². The second-order valence-corrected chi connectivity index (χ2v) is 7.50. The maximum atomic E-state index is 13.1.